The predicted molar refractivity (Wildman–Crippen MR) is 163 cm³/mol. The molecule has 2 atom stereocenters. The molecule has 0 aliphatic carbocycles. The van der Waals surface area contributed by atoms with Crippen LogP contribution in [0.3, 0.4) is 0 Å². The van der Waals surface area contributed by atoms with Crippen molar-refractivity contribution in [3.8, 4) is 11.3 Å². The number of non-ortho nitro benzene ring substituents is 1. The molecular formula is C31H22N4O5S2. The van der Waals surface area contributed by atoms with Gasteiger partial charge in [0, 0.05) is 39.4 Å². The number of thiocarbonyl (C=S) groups is 1. The van der Waals surface area contributed by atoms with Crippen molar-refractivity contribution in [2.45, 2.75) is 21.9 Å². The second-order valence-corrected chi connectivity index (χ2v) is 11.0. The summed E-state index contributed by atoms with van der Waals surface area (Å²) in [6.45, 7) is 0. The fourth-order valence-corrected chi connectivity index (χ4v) is 5.98. The second-order valence-electron chi connectivity index (χ2n) is 9.43. The van der Waals surface area contributed by atoms with E-state index in [1.54, 1.807) is 42.6 Å². The number of anilines is 1. The number of carboxylic acids is 1. The summed E-state index contributed by atoms with van der Waals surface area (Å²) in [6.07, 6.45) is 1.74. The van der Waals surface area contributed by atoms with E-state index in [1.165, 1.54) is 23.9 Å². The van der Waals surface area contributed by atoms with Crippen LogP contribution in [-0.4, -0.2) is 26.1 Å². The molecule has 11 heteroatoms. The number of nitrogens with one attached hydrogen (secondary N) is 1. The van der Waals surface area contributed by atoms with Gasteiger partial charge in [0.2, 0.25) is 0 Å². The number of aromatic carboxylic acids is 1. The van der Waals surface area contributed by atoms with Gasteiger partial charge >= 0.3 is 5.97 Å². The number of aromatic nitrogens is 1. The second kappa shape index (κ2) is 11.5. The third-order valence-corrected chi connectivity index (χ3v) is 8.16. The van der Waals surface area contributed by atoms with Crippen LogP contribution in [0.4, 0.5) is 11.4 Å². The zero-order valence-corrected chi connectivity index (χ0v) is 23.4. The van der Waals surface area contributed by atoms with Gasteiger partial charge in [-0.1, -0.05) is 30.0 Å². The van der Waals surface area contributed by atoms with Crippen LogP contribution in [0.5, 0.6) is 0 Å². The smallest absolute Gasteiger partial charge is 0.335 e. The van der Waals surface area contributed by atoms with E-state index in [4.69, 9.17) is 16.6 Å². The van der Waals surface area contributed by atoms with Crippen LogP contribution in [0.25, 0.3) is 11.3 Å². The molecule has 0 saturated carbocycles. The van der Waals surface area contributed by atoms with Gasteiger partial charge in [-0.3, -0.25) is 15.1 Å². The Morgan fingerprint density at radius 1 is 0.952 bits per heavy atom. The number of rotatable bonds is 8. The van der Waals surface area contributed by atoms with Gasteiger partial charge in [-0.05, 0) is 85.0 Å². The van der Waals surface area contributed by atoms with Crippen molar-refractivity contribution in [2.24, 2.45) is 0 Å². The quantitative estimate of drug-likeness (QED) is 0.108. The Labute approximate surface area is 250 Å². The highest BCUT2D eigenvalue weighted by Crippen LogP contribution is 2.43. The summed E-state index contributed by atoms with van der Waals surface area (Å²) in [5.74, 6) is 0.284. The zero-order chi connectivity index (χ0) is 29.2. The molecule has 2 N–H and O–H groups in total. The standard InChI is InChI=1S/C31H22N4O5S2/c36-30(37)20-6-4-19(5-7-20)26-16-17-27(40-26)29-28(25-3-1-2-18-32-25)33-31(41)34(29)21-8-12-23(13-9-21)42-24-14-10-22(11-15-24)35(38)39/h1-18,28-29H,(H,33,41)(H,36,37)/t28-,29+/m0/s1. The number of hydrogen-bond acceptors (Lipinski definition) is 7. The van der Waals surface area contributed by atoms with Crippen molar-refractivity contribution >= 4 is 46.4 Å². The van der Waals surface area contributed by atoms with E-state index >= 15 is 0 Å². The van der Waals surface area contributed by atoms with Gasteiger partial charge in [0.25, 0.3) is 5.69 Å². The molecule has 208 valence electrons. The van der Waals surface area contributed by atoms with Gasteiger partial charge in [-0.2, -0.15) is 0 Å². The van der Waals surface area contributed by atoms with Crippen molar-refractivity contribution < 1.29 is 19.2 Å². The SMILES string of the molecule is O=C(O)c1ccc(-c2ccc([C@@H]3[C@H](c4ccccn4)NC(=S)N3c3ccc(Sc4ccc([N+](=O)[O-])cc4)cc3)o2)cc1. The summed E-state index contributed by atoms with van der Waals surface area (Å²) in [5.41, 5.74) is 2.67. The summed E-state index contributed by atoms with van der Waals surface area (Å²) < 4.78 is 6.37. The summed E-state index contributed by atoms with van der Waals surface area (Å²) in [5, 5.41) is 24.1. The van der Waals surface area contributed by atoms with Crippen LogP contribution in [0.2, 0.25) is 0 Å². The first-order valence-corrected chi connectivity index (χ1v) is 14.1. The van der Waals surface area contributed by atoms with Crippen molar-refractivity contribution in [1.82, 2.24) is 10.3 Å². The van der Waals surface area contributed by atoms with Crippen LogP contribution in [0.1, 0.15) is 33.9 Å². The number of nitrogens with zero attached hydrogens (tertiary/aromatic N) is 3. The lowest BCUT2D eigenvalue weighted by Crippen LogP contribution is -2.29. The van der Waals surface area contributed by atoms with Crippen LogP contribution >= 0.6 is 24.0 Å². The molecule has 0 spiro atoms. The highest BCUT2D eigenvalue weighted by molar-refractivity contribution is 7.99. The number of nitro benzene ring substituents is 1. The molecule has 0 amide bonds. The number of hydrogen-bond donors (Lipinski definition) is 2. The number of benzene rings is 3. The van der Waals surface area contributed by atoms with Crippen LogP contribution in [0, 0.1) is 10.1 Å². The van der Waals surface area contributed by atoms with E-state index in [-0.39, 0.29) is 23.3 Å². The van der Waals surface area contributed by atoms with Gasteiger partial charge in [0.1, 0.15) is 17.6 Å². The Bertz CT molecular complexity index is 1760. The summed E-state index contributed by atoms with van der Waals surface area (Å²) >= 11 is 7.32. The van der Waals surface area contributed by atoms with Crippen LogP contribution in [-0.2, 0) is 0 Å². The Hall–Kier alpha value is -5.00. The fraction of sp³-hybridized carbons (Fsp3) is 0.0645. The van der Waals surface area contributed by atoms with Crippen molar-refractivity contribution in [3.63, 3.8) is 0 Å². The fourth-order valence-electron chi connectivity index (χ4n) is 4.81. The van der Waals surface area contributed by atoms with Crippen molar-refractivity contribution in [3.05, 3.63) is 136 Å². The number of carboxylic acid groups (broad SMARTS) is 1. The van der Waals surface area contributed by atoms with E-state index in [2.05, 4.69) is 10.3 Å². The van der Waals surface area contributed by atoms with E-state index in [1.807, 2.05) is 59.5 Å². The molecule has 3 aromatic carbocycles. The zero-order valence-electron chi connectivity index (χ0n) is 21.8. The van der Waals surface area contributed by atoms with Gasteiger partial charge in [-0.25, -0.2) is 4.79 Å². The maximum atomic E-state index is 11.3. The molecule has 42 heavy (non-hydrogen) atoms. The molecule has 1 saturated heterocycles. The number of pyridine rings is 1. The van der Waals surface area contributed by atoms with Gasteiger partial charge in [-0.15, -0.1) is 0 Å². The molecular weight excluding hydrogens is 572 g/mol. The molecule has 2 aromatic heterocycles. The first-order valence-electron chi connectivity index (χ1n) is 12.8. The third kappa shape index (κ3) is 5.47. The van der Waals surface area contributed by atoms with Crippen molar-refractivity contribution in [2.75, 3.05) is 4.90 Å². The highest BCUT2D eigenvalue weighted by atomic mass is 32.2. The first kappa shape index (κ1) is 27.2. The summed E-state index contributed by atoms with van der Waals surface area (Å²) in [6, 6.07) is 29.7. The lowest BCUT2D eigenvalue weighted by Gasteiger charge is -2.26. The maximum Gasteiger partial charge on any atom is 0.335 e. The van der Waals surface area contributed by atoms with Crippen LogP contribution in [0.15, 0.2) is 124 Å². The predicted octanol–water partition coefficient (Wildman–Crippen LogP) is 7.28. The minimum atomic E-state index is -0.988. The maximum absolute atomic E-state index is 11.3. The minimum absolute atomic E-state index is 0.0524. The van der Waals surface area contributed by atoms with E-state index in [9.17, 15) is 20.0 Å². The lowest BCUT2D eigenvalue weighted by atomic mass is 10.0. The molecule has 0 radical (unpaired) electrons. The average Bonchev–Trinajstić information content (AvgIpc) is 3.63. The van der Waals surface area contributed by atoms with E-state index < -0.39 is 10.9 Å². The topological polar surface area (TPSA) is 122 Å². The molecule has 0 bridgehead atoms. The lowest BCUT2D eigenvalue weighted by molar-refractivity contribution is -0.384. The van der Waals surface area contributed by atoms with Gasteiger partial charge in [0.05, 0.1) is 22.2 Å². The Morgan fingerprint density at radius 3 is 2.26 bits per heavy atom. The Morgan fingerprint density at radius 2 is 1.64 bits per heavy atom. The minimum Gasteiger partial charge on any atom is -0.478 e. The molecule has 1 fully saturated rings. The summed E-state index contributed by atoms with van der Waals surface area (Å²) in [7, 11) is 0. The van der Waals surface area contributed by atoms with Gasteiger partial charge < -0.3 is 19.7 Å². The first-order chi connectivity index (χ1) is 20.4. The summed E-state index contributed by atoms with van der Waals surface area (Å²) in [4.78, 5) is 30.2. The molecule has 1 aliphatic heterocycles. The third-order valence-electron chi connectivity index (χ3n) is 6.83. The van der Waals surface area contributed by atoms with E-state index in [0.29, 0.717) is 16.6 Å². The molecule has 0 unspecified atom stereocenters. The number of nitro groups is 1. The normalized spacial score (nSPS) is 16.3. The largest absolute Gasteiger partial charge is 0.478 e. The van der Waals surface area contributed by atoms with Crippen molar-refractivity contribution in [1.29, 1.82) is 0 Å². The number of carbonyl (C=O) groups is 1. The Balaban J connectivity index is 1.31. The molecule has 9 nitrogen and oxygen atoms in total. The average molecular weight is 595 g/mol. The van der Waals surface area contributed by atoms with E-state index in [0.717, 1.165) is 26.7 Å². The highest BCUT2D eigenvalue weighted by Gasteiger charge is 2.42. The monoisotopic (exact) mass is 594 g/mol. The molecule has 3 heterocycles. The number of furan rings is 1. The van der Waals surface area contributed by atoms with Crippen LogP contribution < -0.4 is 10.2 Å². The molecule has 6 rings (SSSR count). The molecule has 1 aliphatic rings. The Kier molecular flexibility index (Phi) is 7.43. The van der Waals surface area contributed by atoms with Gasteiger partial charge in [0.15, 0.2) is 5.11 Å². The molecule has 5 aromatic rings.